The SMILES string of the molecule is CCN(CC1CCCO1)c1nc(NN)nc(OC)n1. The van der Waals surface area contributed by atoms with Crippen LogP contribution in [0.25, 0.3) is 0 Å². The molecule has 0 amide bonds. The van der Waals surface area contributed by atoms with Gasteiger partial charge in [-0.25, -0.2) is 5.84 Å². The molecule has 8 heteroatoms. The van der Waals surface area contributed by atoms with E-state index in [1.54, 1.807) is 0 Å². The Labute approximate surface area is 112 Å². The van der Waals surface area contributed by atoms with Crippen molar-refractivity contribution in [2.45, 2.75) is 25.9 Å². The highest BCUT2D eigenvalue weighted by Gasteiger charge is 2.21. The van der Waals surface area contributed by atoms with Crippen molar-refractivity contribution in [1.29, 1.82) is 0 Å². The highest BCUT2D eigenvalue weighted by atomic mass is 16.5. The third kappa shape index (κ3) is 3.42. The fraction of sp³-hybridized carbons (Fsp3) is 0.727. The van der Waals surface area contributed by atoms with Crippen LogP contribution in [0, 0.1) is 0 Å². The van der Waals surface area contributed by atoms with Crippen LogP contribution >= 0.6 is 0 Å². The van der Waals surface area contributed by atoms with E-state index in [4.69, 9.17) is 15.3 Å². The Morgan fingerprint density at radius 1 is 1.47 bits per heavy atom. The Kier molecular flexibility index (Phi) is 4.69. The zero-order valence-electron chi connectivity index (χ0n) is 11.3. The van der Waals surface area contributed by atoms with Gasteiger partial charge in [-0.15, -0.1) is 0 Å². The molecule has 1 aromatic heterocycles. The molecular weight excluding hydrogens is 248 g/mol. The van der Waals surface area contributed by atoms with E-state index in [0.717, 1.165) is 32.5 Å². The van der Waals surface area contributed by atoms with Gasteiger partial charge in [0.05, 0.1) is 13.2 Å². The van der Waals surface area contributed by atoms with E-state index in [0.29, 0.717) is 5.95 Å². The summed E-state index contributed by atoms with van der Waals surface area (Å²) in [7, 11) is 1.51. The predicted molar refractivity (Wildman–Crippen MR) is 71.1 cm³/mol. The maximum absolute atomic E-state index is 5.64. The second-order valence-corrected chi connectivity index (χ2v) is 4.26. The van der Waals surface area contributed by atoms with E-state index < -0.39 is 0 Å². The lowest BCUT2D eigenvalue weighted by molar-refractivity contribution is 0.115. The summed E-state index contributed by atoms with van der Waals surface area (Å²) >= 11 is 0. The van der Waals surface area contributed by atoms with E-state index in [-0.39, 0.29) is 18.1 Å². The molecule has 106 valence electrons. The summed E-state index contributed by atoms with van der Waals surface area (Å²) < 4.78 is 10.7. The van der Waals surface area contributed by atoms with Crippen molar-refractivity contribution in [2.24, 2.45) is 5.84 Å². The van der Waals surface area contributed by atoms with Crippen LogP contribution in [0.3, 0.4) is 0 Å². The van der Waals surface area contributed by atoms with Gasteiger partial charge in [-0.05, 0) is 19.8 Å². The van der Waals surface area contributed by atoms with Crippen molar-refractivity contribution in [2.75, 3.05) is 37.1 Å². The van der Waals surface area contributed by atoms with Crippen LogP contribution < -0.4 is 20.9 Å². The number of hydrogen-bond acceptors (Lipinski definition) is 8. The molecule has 1 aromatic rings. The zero-order chi connectivity index (χ0) is 13.7. The Hall–Kier alpha value is -1.67. The van der Waals surface area contributed by atoms with Crippen LogP contribution in [0.1, 0.15) is 19.8 Å². The Morgan fingerprint density at radius 3 is 2.89 bits per heavy atom. The lowest BCUT2D eigenvalue weighted by Gasteiger charge is -2.24. The molecule has 1 unspecified atom stereocenters. The number of nitrogens with two attached hydrogens (primary N) is 1. The first-order valence-electron chi connectivity index (χ1n) is 6.40. The first kappa shape index (κ1) is 13.8. The monoisotopic (exact) mass is 268 g/mol. The average molecular weight is 268 g/mol. The third-order valence-corrected chi connectivity index (χ3v) is 3.03. The highest BCUT2D eigenvalue weighted by molar-refractivity contribution is 5.37. The molecule has 19 heavy (non-hydrogen) atoms. The summed E-state index contributed by atoms with van der Waals surface area (Å²) in [5.41, 5.74) is 2.41. The van der Waals surface area contributed by atoms with Crippen LogP contribution in [0.4, 0.5) is 11.9 Å². The maximum atomic E-state index is 5.64. The first-order valence-corrected chi connectivity index (χ1v) is 6.40. The van der Waals surface area contributed by atoms with Gasteiger partial charge in [0.15, 0.2) is 0 Å². The molecule has 0 radical (unpaired) electrons. The van der Waals surface area contributed by atoms with Gasteiger partial charge in [-0.2, -0.15) is 15.0 Å². The van der Waals surface area contributed by atoms with Gasteiger partial charge in [-0.1, -0.05) is 0 Å². The Bertz CT molecular complexity index is 388. The summed E-state index contributed by atoms with van der Waals surface area (Å²) in [5, 5.41) is 0. The number of nitrogen functional groups attached to an aromatic ring is 1. The number of nitrogens with zero attached hydrogens (tertiary/aromatic N) is 4. The van der Waals surface area contributed by atoms with E-state index in [1.807, 2.05) is 11.8 Å². The van der Waals surface area contributed by atoms with Gasteiger partial charge in [0, 0.05) is 19.7 Å². The number of hydrazine groups is 1. The molecular formula is C11H20N6O2. The molecule has 1 aliphatic rings. The minimum Gasteiger partial charge on any atom is -0.467 e. The van der Waals surface area contributed by atoms with Gasteiger partial charge in [0.2, 0.25) is 11.9 Å². The normalized spacial score (nSPS) is 18.4. The molecule has 0 aliphatic carbocycles. The summed E-state index contributed by atoms with van der Waals surface area (Å²) in [4.78, 5) is 14.5. The van der Waals surface area contributed by atoms with Gasteiger partial charge in [-0.3, -0.25) is 5.43 Å². The molecule has 1 aliphatic heterocycles. The first-order chi connectivity index (χ1) is 9.26. The molecule has 0 spiro atoms. The molecule has 1 atom stereocenters. The van der Waals surface area contributed by atoms with Crippen molar-refractivity contribution in [3.05, 3.63) is 0 Å². The molecule has 0 aromatic carbocycles. The van der Waals surface area contributed by atoms with E-state index >= 15 is 0 Å². The average Bonchev–Trinajstić information content (AvgIpc) is 2.97. The van der Waals surface area contributed by atoms with E-state index in [2.05, 4.69) is 20.4 Å². The van der Waals surface area contributed by atoms with Crippen LogP contribution in [0.2, 0.25) is 0 Å². The summed E-state index contributed by atoms with van der Waals surface area (Å²) in [5.74, 6) is 6.17. The number of methoxy groups -OCH3 is 1. The molecule has 2 heterocycles. The second kappa shape index (κ2) is 6.48. The Balaban J connectivity index is 2.15. The van der Waals surface area contributed by atoms with Gasteiger partial charge in [0.25, 0.3) is 0 Å². The second-order valence-electron chi connectivity index (χ2n) is 4.26. The fourth-order valence-corrected chi connectivity index (χ4v) is 2.03. The van der Waals surface area contributed by atoms with Gasteiger partial charge < -0.3 is 14.4 Å². The number of nitrogens with one attached hydrogen (secondary N) is 1. The summed E-state index contributed by atoms with van der Waals surface area (Å²) in [6.45, 7) is 4.41. The number of rotatable bonds is 6. The van der Waals surface area contributed by atoms with Crippen LogP contribution in [-0.4, -0.2) is 47.9 Å². The molecule has 1 fully saturated rings. The van der Waals surface area contributed by atoms with Crippen LogP contribution in [0.5, 0.6) is 6.01 Å². The molecule has 0 bridgehead atoms. The molecule has 0 saturated carbocycles. The van der Waals surface area contributed by atoms with Crippen molar-refractivity contribution >= 4 is 11.9 Å². The number of aromatic nitrogens is 3. The summed E-state index contributed by atoms with van der Waals surface area (Å²) in [6, 6.07) is 0.240. The predicted octanol–water partition coefficient (Wildman–Crippen LogP) is 0.171. The number of hydrogen-bond donors (Lipinski definition) is 2. The van der Waals surface area contributed by atoms with Crippen molar-refractivity contribution in [1.82, 2.24) is 15.0 Å². The standard InChI is InChI=1S/C11H20N6O2/c1-3-17(7-8-5-4-6-19-8)10-13-9(16-12)14-11(15-10)18-2/h8H,3-7,12H2,1-2H3,(H,13,14,15,16). The molecule has 3 N–H and O–H groups in total. The number of anilines is 2. The van der Waals surface area contributed by atoms with Crippen molar-refractivity contribution in [3.63, 3.8) is 0 Å². The third-order valence-electron chi connectivity index (χ3n) is 3.03. The molecule has 1 saturated heterocycles. The largest absolute Gasteiger partial charge is 0.467 e. The lowest BCUT2D eigenvalue weighted by atomic mass is 10.2. The topological polar surface area (TPSA) is 98.4 Å². The fourth-order valence-electron chi connectivity index (χ4n) is 2.03. The van der Waals surface area contributed by atoms with Crippen LogP contribution in [-0.2, 0) is 4.74 Å². The van der Waals surface area contributed by atoms with Crippen LogP contribution in [0.15, 0.2) is 0 Å². The Morgan fingerprint density at radius 2 is 2.32 bits per heavy atom. The van der Waals surface area contributed by atoms with Gasteiger partial charge in [0.1, 0.15) is 0 Å². The number of likely N-dealkylation sites (N-methyl/N-ethyl adjacent to an activating group) is 1. The van der Waals surface area contributed by atoms with Crippen molar-refractivity contribution in [3.8, 4) is 6.01 Å². The maximum Gasteiger partial charge on any atom is 0.322 e. The minimum absolute atomic E-state index is 0.233. The highest BCUT2D eigenvalue weighted by Crippen LogP contribution is 2.18. The van der Waals surface area contributed by atoms with Gasteiger partial charge >= 0.3 is 6.01 Å². The lowest BCUT2D eigenvalue weighted by Crippen LogP contribution is -2.33. The zero-order valence-corrected chi connectivity index (χ0v) is 11.3. The smallest absolute Gasteiger partial charge is 0.322 e. The summed E-state index contributed by atoms with van der Waals surface area (Å²) in [6.07, 6.45) is 2.41. The number of ether oxygens (including phenoxy) is 2. The van der Waals surface area contributed by atoms with E-state index in [1.165, 1.54) is 7.11 Å². The van der Waals surface area contributed by atoms with E-state index in [9.17, 15) is 0 Å². The molecule has 2 rings (SSSR count). The molecule has 8 nitrogen and oxygen atoms in total. The quantitative estimate of drug-likeness (QED) is 0.556. The van der Waals surface area contributed by atoms with Crippen molar-refractivity contribution < 1.29 is 9.47 Å². The minimum atomic E-state index is 0.233.